The molecular formula is C10H8BrCl2NO2. The van der Waals surface area contributed by atoms with Gasteiger partial charge >= 0.3 is 0 Å². The number of anilines is 1. The van der Waals surface area contributed by atoms with Crippen LogP contribution in [0.3, 0.4) is 0 Å². The fourth-order valence-electron chi connectivity index (χ4n) is 1.01. The van der Waals surface area contributed by atoms with Gasteiger partial charge in [-0.15, -0.1) is 0 Å². The molecule has 1 rings (SSSR count). The zero-order chi connectivity index (χ0) is 12.1. The Morgan fingerprint density at radius 1 is 1.25 bits per heavy atom. The van der Waals surface area contributed by atoms with Crippen LogP contribution in [0.5, 0.6) is 0 Å². The van der Waals surface area contributed by atoms with Crippen LogP contribution in [0, 0.1) is 0 Å². The summed E-state index contributed by atoms with van der Waals surface area (Å²) in [5, 5.41) is 3.49. The summed E-state index contributed by atoms with van der Waals surface area (Å²) in [7, 11) is 0. The summed E-state index contributed by atoms with van der Waals surface area (Å²) in [6.07, 6.45) is -0.161. The maximum atomic E-state index is 11.3. The smallest absolute Gasteiger partial charge is 0.231 e. The molecule has 0 saturated carbocycles. The number of hydrogen-bond acceptors (Lipinski definition) is 2. The van der Waals surface area contributed by atoms with Crippen LogP contribution in [0.4, 0.5) is 5.69 Å². The molecule has 16 heavy (non-hydrogen) atoms. The maximum absolute atomic E-state index is 11.3. The molecule has 0 atom stereocenters. The Hall–Kier alpha value is -0.580. The first-order valence-electron chi connectivity index (χ1n) is 4.35. The first kappa shape index (κ1) is 13.5. The fraction of sp³-hybridized carbons (Fsp3) is 0.200. The molecule has 0 aliphatic heterocycles. The van der Waals surface area contributed by atoms with Crippen LogP contribution in [-0.4, -0.2) is 17.0 Å². The van der Waals surface area contributed by atoms with Crippen LogP contribution < -0.4 is 5.32 Å². The Labute approximate surface area is 111 Å². The van der Waals surface area contributed by atoms with Crippen LogP contribution >= 0.6 is 39.1 Å². The highest BCUT2D eigenvalue weighted by atomic mass is 79.9. The van der Waals surface area contributed by atoms with Crippen LogP contribution in [0.15, 0.2) is 18.2 Å². The van der Waals surface area contributed by atoms with E-state index in [1.165, 1.54) is 6.07 Å². The second-order valence-corrected chi connectivity index (χ2v) is 4.40. The average molecular weight is 325 g/mol. The molecule has 0 aliphatic rings. The van der Waals surface area contributed by atoms with Gasteiger partial charge in [0, 0.05) is 5.69 Å². The first-order chi connectivity index (χ1) is 7.52. The number of halogens is 3. The van der Waals surface area contributed by atoms with E-state index in [1.807, 2.05) is 0 Å². The molecule has 0 aliphatic carbocycles. The van der Waals surface area contributed by atoms with Gasteiger partial charge in [-0.05, 0) is 18.2 Å². The van der Waals surface area contributed by atoms with Crippen molar-refractivity contribution in [1.29, 1.82) is 0 Å². The molecule has 0 heterocycles. The molecule has 0 unspecified atom stereocenters. The number of alkyl halides is 1. The summed E-state index contributed by atoms with van der Waals surface area (Å²) in [6.45, 7) is 0. The molecule has 86 valence electrons. The highest BCUT2D eigenvalue weighted by Crippen LogP contribution is 2.24. The maximum Gasteiger partial charge on any atom is 0.231 e. The van der Waals surface area contributed by atoms with Crippen molar-refractivity contribution in [2.24, 2.45) is 0 Å². The van der Waals surface area contributed by atoms with Crippen molar-refractivity contribution in [3.05, 3.63) is 28.2 Å². The van der Waals surface area contributed by atoms with Gasteiger partial charge in [-0.1, -0.05) is 39.1 Å². The number of Topliss-reactive ketones (excluding diaryl/α,β-unsaturated/α-hetero) is 1. The number of benzene rings is 1. The van der Waals surface area contributed by atoms with Gasteiger partial charge in [0.15, 0.2) is 5.78 Å². The highest BCUT2D eigenvalue weighted by Gasteiger charge is 2.09. The Bertz CT molecular complexity index is 423. The average Bonchev–Trinajstić information content (AvgIpc) is 2.23. The van der Waals surface area contributed by atoms with Crippen molar-refractivity contribution in [2.45, 2.75) is 6.42 Å². The third-order valence-electron chi connectivity index (χ3n) is 1.71. The third-order valence-corrected chi connectivity index (χ3v) is 3.07. The minimum Gasteiger partial charge on any atom is -0.326 e. The number of carbonyl (C=O) groups is 2. The third kappa shape index (κ3) is 4.12. The lowest BCUT2D eigenvalue weighted by molar-refractivity contribution is -0.123. The Kier molecular flexibility index (Phi) is 5.25. The summed E-state index contributed by atoms with van der Waals surface area (Å²) >= 11 is 14.5. The van der Waals surface area contributed by atoms with E-state index in [2.05, 4.69) is 21.2 Å². The SMILES string of the molecule is O=C(CBr)CC(=O)Nc1ccc(Cl)c(Cl)c1. The molecule has 1 aromatic carbocycles. The lowest BCUT2D eigenvalue weighted by Crippen LogP contribution is -2.16. The fourth-order valence-corrected chi connectivity index (χ4v) is 1.50. The van der Waals surface area contributed by atoms with Gasteiger partial charge in [-0.25, -0.2) is 0 Å². The summed E-state index contributed by atoms with van der Waals surface area (Å²) < 4.78 is 0. The van der Waals surface area contributed by atoms with Crippen molar-refractivity contribution >= 4 is 56.5 Å². The first-order valence-corrected chi connectivity index (χ1v) is 6.23. The molecule has 3 nitrogen and oxygen atoms in total. The van der Waals surface area contributed by atoms with Crippen molar-refractivity contribution < 1.29 is 9.59 Å². The van der Waals surface area contributed by atoms with Gasteiger partial charge in [-0.2, -0.15) is 0 Å². The van der Waals surface area contributed by atoms with E-state index in [0.29, 0.717) is 15.7 Å². The quantitative estimate of drug-likeness (QED) is 0.682. The summed E-state index contributed by atoms with van der Waals surface area (Å²) in [4.78, 5) is 22.3. The number of hydrogen-bond donors (Lipinski definition) is 1. The van der Waals surface area contributed by atoms with Gasteiger partial charge in [0.1, 0.15) is 0 Å². The minimum atomic E-state index is -0.372. The Morgan fingerprint density at radius 2 is 1.94 bits per heavy atom. The predicted octanol–water partition coefficient (Wildman–Crippen LogP) is 3.29. The number of ketones is 1. The van der Waals surface area contributed by atoms with E-state index >= 15 is 0 Å². The van der Waals surface area contributed by atoms with Gasteiger partial charge in [0.05, 0.1) is 21.8 Å². The van der Waals surface area contributed by atoms with Gasteiger partial charge in [0.25, 0.3) is 0 Å². The molecule has 0 radical (unpaired) electrons. The molecule has 1 amide bonds. The normalized spacial score (nSPS) is 9.94. The van der Waals surface area contributed by atoms with E-state index in [1.54, 1.807) is 12.1 Å². The van der Waals surface area contributed by atoms with E-state index in [9.17, 15) is 9.59 Å². The van der Waals surface area contributed by atoms with Gasteiger partial charge in [0.2, 0.25) is 5.91 Å². The van der Waals surface area contributed by atoms with Crippen molar-refractivity contribution in [3.63, 3.8) is 0 Å². The summed E-state index contributed by atoms with van der Waals surface area (Å²) in [5.41, 5.74) is 0.516. The molecular weight excluding hydrogens is 317 g/mol. The molecule has 0 fully saturated rings. The lowest BCUT2D eigenvalue weighted by atomic mass is 10.2. The number of amides is 1. The minimum absolute atomic E-state index is 0.161. The lowest BCUT2D eigenvalue weighted by Gasteiger charge is -2.05. The van der Waals surface area contributed by atoms with E-state index in [-0.39, 0.29) is 23.4 Å². The summed E-state index contributed by atoms with van der Waals surface area (Å²) in [5.74, 6) is -0.555. The topological polar surface area (TPSA) is 46.2 Å². The molecule has 0 aromatic heterocycles. The Balaban J connectivity index is 2.63. The molecule has 1 N–H and O–H groups in total. The van der Waals surface area contributed by atoms with Crippen LogP contribution in [-0.2, 0) is 9.59 Å². The number of carbonyl (C=O) groups excluding carboxylic acids is 2. The largest absolute Gasteiger partial charge is 0.326 e. The van der Waals surface area contributed by atoms with E-state index in [0.717, 1.165) is 0 Å². The van der Waals surface area contributed by atoms with Gasteiger partial charge < -0.3 is 5.32 Å². The van der Waals surface area contributed by atoms with Crippen LogP contribution in [0.2, 0.25) is 10.0 Å². The monoisotopic (exact) mass is 323 g/mol. The van der Waals surface area contributed by atoms with Crippen molar-refractivity contribution in [1.82, 2.24) is 0 Å². The number of nitrogens with one attached hydrogen (secondary N) is 1. The second-order valence-electron chi connectivity index (χ2n) is 3.03. The van der Waals surface area contributed by atoms with Crippen LogP contribution in [0.25, 0.3) is 0 Å². The molecule has 0 spiro atoms. The highest BCUT2D eigenvalue weighted by molar-refractivity contribution is 9.09. The molecule has 6 heteroatoms. The second kappa shape index (κ2) is 6.23. The van der Waals surface area contributed by atoms with Gasteiger partial charge in [-0.3, -0.25) is 9.59 Å². The van der Waals surface area contributed by atoms with E-state index in [4.69, 9.17) is 23.2 Å². The zero-order valence-electron chi connectivity index (χ0n) is 8.10. The summed E-state index contributed by atoms with van der Waals surface area (Å²) in [6, 6.07) is 4.72. The van der Waals surface area contributed by atoms with Crippen molar-refractivity contribution in [2.75, 3.05) is 10.6 Å². The predicted molar refractivity (Wildman–Crippen MR) is 68.5 cm³/mol. The zero-order valence-corrected chi connectivity index (χ0v) is 11.2. The molecule has 1 aromatic rings. The molecule has 0 bridgehead atoms. The molecule has 0 saturated heterocycles. The number of rotatable bonds is 4. The van der Waals surface area contributed by atoms with E-state index < -0.39 is 0 Å². The van der Waals surface area contributed by atoms with Crippen LogP contribution in [0.1, 0.15) is 6.42 Å². The Morgan fingerprint density at radius 3 is 2.50 bits per heavy atom. The van der Waals surface area contributed by atoms with Crippen molar-refractivity contribution in [3.8, 4) is 0 Å². The standard InChI is InChI=1S/C10H8BrCl2NO2/c11-5-7(15)4-10(16)14-6-1-2-8(12)9(13)3-6/h1-3H,4-5H2,(H,14,16).